The molecule has 2 N–H and O–H groups in total. The van der Waals surface area contributed by atoms with Gasteiger partial charge in [0, 0.05) is 10.9 Å². The Kier molecular flexibility index (Phi) is 2.88. The molecule has 0 bridgehead atoms. The van der Waals surface area contributed by atoms with Crippen molar-refractivity contribution >= 4 is 11.0 Å². The minimum Gasteiger partial charge on any atom is -0.464 e. The highest BCUT2D eigenvalue weighted by Gasteiger charge is 2.17. The second-order valence-electron chi connectivity index (χ2n) is 4.95. The molecule has 2 aromatic carbocycles. The van der Waals surface area contributed by atoms with Crippen LogP contribution in [0.25, 0.3) is 11.0 Å². The zero-order valence-electron chi connectivity index (χ0n) is 11.2. The van der Waals surface area contributed by atoms with E-state index in [9.17, 15) is 0 Å². The number of aryl methyl sites for hydroxylation is 1. The van der Waals surface area contributed by atoms with Crippen molar-refractivity contribution in [3.05, 3.63) is 71.0 Å². The molecule has 1 unspecified atom stereocenters. The maximum Gasteiger partial charge on any atom is 0.134 e. The van der Waals surface area contributed by atoms with Crippen LogP contribution >= 0.6 is 0 Å². The van der Waals surface area contributed by atoms with Gasteiger partial charge < -0.3 is 10.2 Å². The zero-order valence-corrected chi connectivity index (χ0v) is 11.2. The van der Waals surface area contributed by atoms with E-state index in [4.69, 9.17) is 10.2 Å². The number of rotatable bonds is 2. The summed E-state index contributed by atoms with van der Waals surface area (Å²) in [6, 6.07) is 14.1. The van der Waals surface area contributed by atoms with Crippen molar-refractivity contribution in [3.63, 3.8) is 0 Å². The van der Waals surface area contributed by atoms with E-state index >= 15 is 0 Å². The third kappa shape index (κ3) is 1.94. The Morgan fingerprint density at radius 2 is 1.74 bits per heavy atom. The number of para-hydroxylation sites is 1. The fourth-order valence-corrected chi connectivity index (χ4v) is 2.52. The number of nitrogens with two attached hydrogens (primary N) is 1. The average molecular weight is 251 g/mol. The number of hydrogen-bond donors (Lipinski definition) is 1. The van der Waals surface area contributed by atoms with Gasteiger partial charge >= 0.3 is 0 Å². The quantitative estimate of drug-likeness (QED) is 0.744. The lowest BCUT2D eigenvalue weighted by atomic mass is 9.93. The maximum atomic E-state index is 6.44. The summed E-state index contributed by atoms with van der Waals surface area (Å²) in [6.07, 6.45) is 1.77. The number of hydrogen-bond acceptors (Lipinski definition) is 2. The summed E-state index contributed by atoms with van der Waals surface area (Å²) in [5.74, 6) is 0. The molecule has 0 aliphatic heterocycles. The molecule has 0 radical (unpaired) electrons. The highest BCUT2D eigenvalue weighted by Crippen LogP contribution is 2.30. The van der Waals surface area contributed by atoms with E-state index in [0.717, 1.165) is 22.1 Å². The van der Waals surface area contributed by atoms with E-state index in [1.165, 1.54) is 11.1 Å². The molecule has 3 rings (SSSR count). The highest BCUT2D eigenvalue weighted by atomic mass is 16.3. The topological polar surface area (TPSA) is 39.2 Å². The monoisotopic (exact) mass is 251 g/mol. The normalized spacial score (nSPS) is 12.8. The summed E-state index contributed by atoms with van der Waals surface area (Å²) in [5.41, 5.74) is 12.0. The van der Waals surface area contributed by atoms with Crippen molar-refractivity contribution in [2.45, 2.75) is 19.9 Å². The van der Waals surface area contributed by atoms with Crippen molar-refractivity contribution < 1.29 is 4.42 Å². The van der Waals surface area contributed by atoms with Gasteiger partial charge in [0.15, 0.2) is 0 Å². The van der Waals surface area contributed by atoms with Gasteiger partial charge in [-0.2, -0.15) is 0 Å². The Labute approximate surface area is 112 Å². The van der Waals surface area contributed by atoms with Crippen LogP contribution < -0.4 is 5.73 Å². The fourth-order valence-electron chi connectivity index (χ4n) is 2.52. The van der Waals surface area contributed by atoms with Gasteiger partial charge in [0.05, 0.1) is 12.3 Å². The third-order valence-corrected chi connectivity index (χ3v) is 3.83. The van der Waals surface area contributed by atoms with Crippen LogP contribution in [0.1, 0.15) is 28.3 Å². The molecule has 1 heterocycles. The summed E-state index contributed by atoms with van der Waals surface area (Å²) in [6.45, 7) is 4.23. The van der Waals surface area contributed by atoms with Crippen LogP contribution in [-0.4, -0.2) is 0 Å². The molecule has 3 aromatic rings. The molecule has 1 aromatic heterocycles. The molecule has 0 aliphatic carbocycles. The van der Waals surface area contributed by atoms with Gasteiger partial charge in [-0.05, 0) is 36.6 Å². The average Bonchev–Trinajstić information content (AvgIpc) is 2.85. The van der Waals surface area contributed by atoms with Crippen LogP contribution in [-0.2, 0) is 0 Å². The summed E-state index contributed by atoms with van der Waals surface area (Å²) in [5, 5.41) is 1.09. The number of benzene rings is 2. The van der Waals surface area contributed by atoms with Gasteiger partial charge in [-0.25, -0.2) is 0 Å². The highest BCUT2D eigenvalue weighted by molar-refractivity contribution is 5.82. The summed E-state index contributed by atoms with van der Waals surface area (Å²) < 4.78 is 5.58. The Morgan fingerprint density at radius 1 is 0.947 bits per heavy atom. The van der Waals surface area contributed by atoms with Gasteiger partial charge in [-0.15, -0.1) is 0 Å². The van der Waals surface area contributed by atoms with Crippen LogP contribution in [0.3, 0.4) is 0 Å². The lowest BCUT2D eigenvalue weighted by Gasteiger charge is -2.15. The summed E-state index contributed by atoms with van der Waals surface area (Å²) in [7, 11) is 0. The summed E-state index contributed by atoms with van der Waals surface area (Å²) >= 11 is 0. The molecule has 0 amide bonds. The predicted octanol–water partition coefficient (Wildman–Crippen LogP) is 4.10. The van der Waals surface area contributed by atoms with Gasteiger partial charge in [0.25, 0.3) is 0 Å². The fraction of sp³-hybridized carbons (Fsp3) is 0.176. The molecule has 19 heavy (non-hydrogen) atoms. The van der Waals surface area contributed by atoms with Crippen molar-refractivity contribution in [3.8, 4) is 0 Å². The van der Waals surface area contributed by atoms with Gasteiger partial charge in [-0.1, -0.05) is 36.4 Å². The first-order valence-electron chi connectivity index (χ1n) is 6.46. The standard InChI is InChI=1S/C17H17NO/c1-11-6-5-8-13(12(11)2)17(18)15-10-19-16-9-4-3-7-14(15)16/h3-10,17H,18H2,1-2H3. The van der Waals surface area contributed by atoms with Crippen molar-refractivity contribution in [2.24, 2.45) is 5.73 Å². The van der Waals surface area contributed by atoms with E-state index < -0.39 is 0 Å². The van der Waals surface area contributed by atoms with E-state index in [-0.39, 0.29) is 6.04 Å². The largest absolute Gasteiger partial charge is 0.464 e. The summed E-state index contributed by atoms with van der Waals surface area (Å²) in [4.78, 5) is 0. The Bertz CT molecular complexity index is 727. The minimum atomic E-state index is -0.149. The molecule has 0 spiro atoms. The van der Waals surface area contributed by atoms with E-state index in [2.05, 4.69) is 38.1 Å². The van der Waals surface area contributed by atoms with Crippen LogP contribution in [0.5, 0.6) is 0 Å². The molecule has 0 fully saturated rings. The lowest BCUT2D eigenvalue weighted by Crippen LogP contribution is -2.13. The molecule has 0 saturated heterocycles. The molecule has 0 aliphatic rings. The van der Waals surface area contributed by atoms with Crippen LogP contribution in [0.4, 0.5) is 0 Å². The predicted molar refractivity (Wildman–Crippen MR) is 78.2 cm³/mol. The van der Waals surface area contributed by atoms with Gasteiger partial charge in [0.1, 0.15) is 5.58 Å². The van der Waals surface area contributed by atoms with E-state index in [1.807, 2.05) is 18.2 Å². The number of fused-ring (bicyclic) bond motifs is 1. The van der Waals surface area contributed by atoms with Crippen molar-refractivity contribution in [1.29, 1.82) is 0 Å². The second kappa shape index (κ2) is 4.56. The maximum absolute atomic E-state index is 6.44. The molecular weight excluding hydrogens is 234 g/mol. The second-order valence-corrected chi connectivity index (χ2v) is 4.95. The molecule has 0 saturated carbocycles. The minimum absolute atomic E-state index is 0.149. The van der Waals surface area contributed by atoms with Crippen LogP contribution in [0.2, 0.25) is 0 Å². The van der Waals surface area contributed by atoms with Gasteiger partial charge in [0.2, 0.25) is 0 Å². The van der Waals surface area contributed by atoms with Gasteiger partial charge in [-0.3, -0.25) is 0 Å². The first-order valence-corrected chi connectivity index (χ1v) is 6.46. The first-order chi connectivity index (χ1) is 9.18. The van der Waals surface area contributed by atoms with E-state index in [0.29, 0.717) is 0 Å². The zero-order chi connectivity index (χ0) is 13.4. The molecule has 2 nitrogen and oxygen atoms in total. The SMILES string of the molecule is Cc1cccc(C(N)c2coc3ccccc23)c1C. The molecule has 96 valence electrons. The Morgan fingerprint density at radius 3 is 2.58 bits per heavy atom. The smallest absolute Gasteiger partial charge is 0.134 e. The van der Waals surface area contributed by atoms with Crippen LogP contribution in [0, 0.1) is 13.8 Å². The Balaban J connectivity index is 2.13. The molecular formula is C17H17NO. The third-order valence-electron chi connectivity index (χ3n) is 3.83. The van der Waals surface area contributed by atoms with Crippen molar-refractivity contribution in [1.82, 2.24) is 0 Å². The first kappa shape index (κ1) is 12.0. The molecule has 2 heteroatoms. The van der Waals surface area contributed by atoms with Crippen LogP contribution in [0.15, 0.2) is 53.1 Å². The lowest BCUT2D eigenvalue weighted by molar-refractivity contribution is 0.607. The Hall–Kier alpha value is -2.06. The van der Waals surface area contributed by atoms with Crippen molar-refractivity contribution in [2.75, 3.05) is 0 Å². The van der Waals surface area contributed by atoms with E-state index in [1.54, 1.807) is 6.26 Å². The number of furan rings is 1. The molecule has 1 atom stereocenters.